The van der Waals surface area contributed by atoms with Crippen molar-refractivity contribution < 1.29 is 20.1 Å². The maximum absolute atomic E-state index is 10.3. The number of carboxylic acids is 1. The van der Waals surface area contributed by atoms with Crippen molar-refractivity contribution in [3.05, 3.63) is 24.3 Å². The largest absolute Gasteiger partial charge is 0.481 e. The minimum Gasteiger partial charge on any atom is -0.481 e. The topological polar surface area (TPSA) is 77.8 Å². The van der Waals surface area contributed by atoms with Gasteiger partial charge in [-0.1, -0.05) is 12.2 Å². The normalized spacial score (nSPS) is 33.7. The Morgan fingerprint density at radius 3 is 2.33 bits per heavy atom. The Labute approximate surface area is 69.5 Å². The van der Waals surface area contributed by atoms with Gasteiger partial charge >= 0.3 is 5.97 Å². The monoisotopic (exact) mass is 170 g/mol. The highest BCUT2D eigenvalue weighted by molar-refractivity contribution is 5.69. The molecule has 0 aliphatic heterocycles. The molecule has 4 heteroatoms. The highest BCUT2D eigenvalue weighted by Crippen LogP contribution is 2.18. The van der Waals surface area contributed by atoms with E-state index in [2.05, 4.69) is 0 Å². The summed E-state index contributed by atoms with van der Waals surface area (Å²) in [6.45, 7) is 0. The molecule has 3 N–H and O–H groups in total. The molecule has 0 atom stereocenters. The van der Waals surface area contributed by atoms with Crippen molar-refractivity contribution in [3.63, 3.8) is 0 Å². The van der Waals surface area contributed by atoms with Crippen LogP contribution >= 0.6 is 0 Å². The number of carboxylic acid groups (broad SMARTS) is 1. The van der Waals surface area contributed by atoms with Crippen molar-refractivity contribution in [2.75, 3.05) is 0 Å². The molecule has 66 valence electrons. The maximum atomic E-state index is 10.3. The van der Waals surface area contributed by atoms with Gasteiger partial charge in [-0.3, -0.25) is 4.79 Å². The van der Waals surface area contributed by atoms with E-state index in [9.17, 15) is 9.90 Å². The highest BCUT2D eigenvalue weighted by Gasteiger charge is 2.26. The molecule has 0 saturated heterocycles. The molecule has 0 aromatic rings. The molecule has 0 aromatic heterocycles. The number of aliphatic hydroxyl groups excluding tert-OH is 1. The minimum atomic E-state index is -1.44. The minimum absolute atomic E-state index is 0.382. The summed E-state index contributed by atoms with van der Waals surface area (Å²) < 4.78 is 0. The number of hydrogen-bond acceptors (Lipinski definition) is 3. The molecule has 0 bridgehead atoms. The average Bonchev–Trinajstić information content (AvgIpc) is 1.94. The zero-order chi connectivity index (χ0) is 9.19. The quantitative estimate of drug-likeness (QED) is 0.496. The van der Waals surface area contributed by atoms with Gasteiger partial charge in [0, 0.05) is 0 Å². The highest BCUT2D eigenvalue weighted by atomic mass is 16.4. The van der Waals surface area contributed by atoms with Crippen LogP contribution in [0.25, 0.3) is 0 Å². The molecular weight excluding hydrogens is 160 g/mol. The number of aliphatic carboxylic acids is 1. The summed E-state index contributed by atoms with van der Waals surface area (Å²) in [5.74, 6) is -1.08. The second kappa shape index (κ2) is 3.08. The van der Waals surface area contributed by atoms with Crippen LogP contribution in [0.4, 0.5) is 0 Å². The lowest BCUT2D eigenvalue weighted by atomic mass is 9.94. The molecule has 1 aliphatic rings. The third-order valence-electron chi connectivity index (χ3n) is 1.60. The van der Waals surface area contributed by atoms with Crippen molar-refractivity contribution in [2.24, 2.45) is 0 Å². The Morgan fingerprint density at radius 2 is 1.92 bits per heavy atom. The van der Waals surface area contributed by atoms with Gasteiger partial charge in [-0.2, -0.15) is 0 Å². The van der Waals surface area contributed by atoms with Gasteiger partial charge in [0.2, 0.25) is 0 Å². The van der Waals surface area contributed by atoms with Gasteiger partial charge in [0.15, 0.2) is 0 Å². The first-order chi connectivity index (χ1) is 5.52. The lowest BCUT2D eigenvalue weighted by Gasteiger charge is -2.21. The molecule has 1 aliphatic carbocycles. The first kappa shape index (κ1) is 8.96. The fourth-order valence-corrected chi connectivity index (χ4v) is 1.01. The SMILES string of the molecule is O=C(O)CC1(O)C=CC(O)C=C1. The molecule has 0 spiro atoms. The second-order valence-electron chi connectivity index (χ2n) is 2.77. The lowest BCUT2D eigenvalue weighted by molar-refractivity contribution is -0.139. The molecular formula is C8H10O4. The summed E-state index contributed by atoms with van der Waals surface area (Å²) in [5, 5.41) is 26.8. The van der Waals surface area contributed by atoms with Gasteiger partial charge in [-0.05, 0) is 12.2 Å². The summed E-state index contributed by atoms with van der Waals surface area (Å²) in [4.78, 5) is 10.3. The lowest BCUT2D eigenvalue weighted by Crippen LogP contribution is -2.29. The van der Waals surface area contributed by atoms with Crippen molar-refractivity contribution in [2.45, 2.75) is 18.1 Å². The van der Waals surface area contributed by atoms with Crippen LogP contribution in [0.2, 0.25) is 0 Å². The van der Waals surface area contributed by atoms with Crippen LogP contribution < -0.4 is 0 Å². The Bertz CT molecular complexity index is 227. The van der Waals surface area contributed by atoms with Gasteiger partial charge in [0.1, 0.15) is 5.60 Å². The van der Waals surface area contributed by atoms with Gasteiger partial charge in [-0.25, -0.2) is 0 Å². The van der Waals surface area contributed by atoms with E-state index in [-0.39, 0.29) is 6.42 Å². The molecule has 0 heterocycles. The Balaban J connectivity index is 2.68. The van der Waals surface area contributed by atoms with Crippen LogP contribution in [0, 0.1) is 0 Å². The summed E-state index contributed by atoms with van der Waals surface area (Å²) in [7, 11) is 0. The van der Waals surface area contributed by atoms with E-state index in [4.69, 9.17) is 10.2 Å². The van der Waals surface area contributed by atoms with Crippen LogP contribution in [0.15, 0.2) is 24.3 Å². The zero-order valence-corrected chi connectivity index (χ0v) is 6.34. The van der Waals surface area contributed by atoms with E-state index >= 15 is 0 Å². The van der Waals surface area contributed by atoms with Crippen molar-refractivity contribution >= 4 is 5.97 Å². The van der Waals surface area contributed by atoms with Gasteiger partial charge in [0.05, 0.1) is 12.5 Å². The average molecular weight is 170 g/mol. The number of aliphatic hydroxyl groups is 2. The molecule has 0 unspecified atom stereocenters. The third-order valence-corrected chi connectivity index (χ3v) is 1.60. The van der Waals surface area contributed by atoms with E-state index in [1.54, 1.807) is 0 Å². The molecule has 12 heavy (non-hydrogen) atoms. The van der Waals surface area contributed by atoms with E-state index < -0.39 is 17.7 Å². The predicted molar refractivity (Wildman–Crippen MR) is 41.5 cm³/mol. The van der Waals surface area contributed by atoms with E-state index in [1.165, 1.54) is 24.3 Å². The van der Waals surface area contributed by atoms with Crippen LogP contribution in [0.1, 0.15) is 6.42 Å². The first-order valence-electron chi connectivity index (χ1n) is 3.53. The van der Waals surface area contributed by atoms with E-state index in [1.807, 2.05) is 0 Å². The Morgan fingerprint density at radius 1 is 1.42 bits per heavy atom. The standard InChI is InChI=1S/C8H10O4/c9-6-1-3-8(12,4-2-6)5-7(10)11/h1-4,6,9,12H,5H2,(H,10,11). The molecule has 0 saturated carbocycles. The van der Waals surface area contributed by atoms with E-state index in [0.717, 1.165) is 0 Å². The molecule has 0 aromatic carbocycles. The zero-order valence-electron chi connectivity index (χ0n) is 6.34. The summed E-state index contributed by atoms with van der Waals surface area (Å²) in [6, 6.07) is 0. The molecule has 1 rings (SSSR count). The molecule has 4 nitrogen and oxygen atoms in total. The van der Waals surface area contributed by atoms with Crippen LogP contribution in [-0.2, 0) is 4.79 Å². The van der Waals surface area contributed by atoms with Gasteiger partial charge in [-0.15, -0.1) is 0 Å². The summed E-state index contributed by atoms with van der Waals surface area (Å²) >= 11 is 0. The Hall–Kier alpha value is -1.13. The van der Waals surface area contributed by atoms with Crippen molar-refractivity contribution in [1.29, 1.82) is 0 Å². The number of carbonyl (C=O) groups is 1. The fraction of sp³-hybridized carbons (Fsp3) is 0.375. The predicted octanol–water partition coefficient (Wildman–Crippen LogP) is -0.321. The van der Waals surface area contributed by atoms with Crippen LogP contribution in [0.3, 0.4) is 0 Å². The molecule has 0 amide bonds. The maximum Gasteiger partial charge on any atom is 0.306 e. The van der Waals surface area contributed by atoms with Crippen LogP contribution in [0.5, 0.6) is 0 Å². The fourth-order valence-electron chi connectivity index (χ4n) is 1.01. The second-order valence-corrected chi connectivity index (χ2v) is 2.77. The smallest absolute Gasteiger partial charge is 0.306 e. The summed E-state index contributed by atoms with van der Waals surface area (Å²) in [5.41, 5.74) is -1.44. The number of hydrogen-bond donors (Lipinski definition) is 3. The van der Waals surface area contributed by atoms with E-state index in [0.29, 0.717) is 0 Å². The summed E-state index contributed by atoms with van der Waals surface area (Å²) in [6.07, 6.45) is 4.16. The number of rotatable bonds is 2. The van der Waals surface area contributed by atoms with Crippen molar-refractivity contribution in [1.82, 2.24) is 0 Å². The molecule has 0 radical (unpaired) electrons. The third kappa shape index (κ3) is 2.18. The van der Waals surface area contributed by atoms with Crippen molar-refractivity contribution in [3.8, 4) is 0 Å². The van der Waals surface area contributed by atoms with Gasteiger partial charge < -0.3 is 15.3 Å². The van der Waals surface area contributed by atoms with Crippen LogP contribution in [-0.4, -0.2) is 33.0 Å². The van der Waals surface area contributed by atoms with Gasteiger partial charge in [0.25, 0.3) is 0 Å². The Kier molecular flexibility index (Phi) is 2.30. The first-order valence-corrected chi connectivity index (χ1v) is 3.53. The molecule has 0 fully saturated rings.